The number of para-hydroxylation sites is 1. The summed E-state index contributed by atoms with van der Waals surface area (Å²) in [5, 5.41) is 4.11. The normalized spacial score (nSPS) is 11.6. The van der Waals surface area contributed by atoms with Crippen LogP contribution in [0, 0.1) is 0 Å². The van der Waals surface area contributed by atoms with Gasteiger partial charge in [-0.15, -0.1) is 12.4 Å². The second kappa shape index (κ2) is 13.2. The van der Waals surface area contributed by atoms with Gasteiger partial charge in [0.05, 0.1) is 5.69 Å². The summed E-state index contributed by atoms with van der Waals surface area (Å²) < 4.78 is 5.97. The Morgan fingerprint density at radius 3 is 2.06 bits per heavy atom. The third-order valence-electron chi connectivity index (χ3n) is 5.18. The topological polar surface area (TPSA) is 36.9 Å². The van der Waals surface area contributed by atoms with Gasteiger partial charge in [0.1, 0.15) is 18.2 Å². The fraction of sp³-hybridized carbons (Fsp3) is 0.296. The molecule has 0 fully saturated rings. The molecule has 0 aromatic heterocycles. The first-order valence-electron chi connectivity index (χ1n) is 11.1. The molecule has 3 aromatic carbocycles. The SMILES string of the molecule is CC(C)N(CCOc1ccc(N=C(Nc2ccccc2)c2ccc(Cl)cc2)cc1)C(C)C.Cl. The van der Waals surface area contributed by atoms with Crippen molar-refractivity contribution in [2.24, 2.45) is 4.99 Å². The predicted molar refractivity (Wildman–Crippen MR) is 144 cm³/mol. The van der Waals surface area contributed by atoms with Crippen LogP contribution in [0.2, 0.25) is 5.02 Å². The molecule has 176 valence electrons. The lowest BCUT2D eigenvalue weighted by Crippen LogP contribution is -2.39. The lowest BCUT2D eigenvalue weighted by Gasteiger charge is -2.30. The lowest BCUT2D eigenvalue weighted by molar-refractivity contribution is 0.142. The number of benzene rings is 3. The van der Waals surface area contributed by atoms with Crippen molar-refractivity contribution >= 4 is 41.2 Å². The van der Waals surface area contributed by atoms with E-state index in [4.69, 9.17) is 21.3 Å². The van der Waals surface area contributed by atoms with Crippen LogP contribution in [0.1, 0.15) is 33.3 Å². The van der Waals surface area contributed by atoms with Crippen molar-refractivity contribution in [1.82, 2.24) is 4.90 Å². The van der Waals surface area contributed by atoms with E-state index in [-0.39, 0.29) is 12.4 Å². The van der Waals surface area contributed by atoms with Gasteiger partial charge in [0.25, 0.3) is 0 Å². The molecule has 1 N–H and O–H groups in total. The summed E-state index contributed by atoms with van der Waals surface area (Å²) in [4.78, 5) is 7.27. The van der Waals surface area contributed by atoms with E-state index < -0.39 is 0 Å². The van der Waals surface area contributed by atoms with Crippen molar-refractivity contribution in [3.05, 3.63) is 89.4 Å². The highest BCUT2D eigenvalue weighted by atomic mass is 35.5. The average Bonchev–Trinajstić information content (AvgIpc) is 2.78. The minimum absolute atomic E-state index is 0. The van der Waals surface area contributed by atoms with E-state index in [2.05, 4.69) is 37.9 Å². The van der Waals surface area contributed by atoms with E-state index in [1.54, 1.807) is 0 Å². The molecule has 4 nitrogen and oxygen atoms in total. The maximum atomic E-state index is 6.07. The van der Waals surface area contributed by atoms with E-state index >= 15 is 0 Å². The minimum Gasteiger partial charge on any atom is -0.492 e. The molecule has 0 spiro atoms. The zero-order valence-electron chi connectivity index (χ0n) is 19.7. The third kappa shape index (κ3) is 8.39. The number of hydrogen-bond acceptors (Lipinski definition) is 3. The van der Waals surface area contributed by atoms with Crippen LogP contribution < -0.4 is 10.1 Å². The molecular formula is C27H33Cl2N3O. The Hall–Kier alpha value is -2.53. The number of ether oxygens (including phenoxy) is 1. The van der Waals surface area contributed by atoms with E-state index in [1.165, 1.54) is 0 Å². The molecule has 0 saturated carbocycles. The van der Waals surface area contributed by atoms with Crippen LogP contribution in [-0.2, 0) is 0 Å². The summed E-state index contributed by atoms with van der Waals surface area (Å²) >= 11 is 6.07. The van der Waals surface area contributed by atoms with E-state index in [1.807, 2.05) is 78.9 Å². The van der Waals surface area contributed by atoms with Gasteiger partial charge in [-0.2, -0.15) is 0 Å². The molecule has 0 atom stereocenters. The Labute approximate surface area is 209 Å². The Morgan fingerprint density at radius 2 is 1.48 bits per heavy atom. The molecule has 0 unspecified atom stereocenters. The van der Waals surface area contributed by atoms with Crippen molar-refractivity contribution in [2.75, 3.05) is 18.5 Å². The first-order valence-corrected chi connectivity index (χ1v) is 11.5. The molecule has 0 aliphatic heterocycles. The van der Waals surface area contributed by atoms with Crippen LogP contribution in [-0.4, -0.2) is 36.0 Å². The van der Waals surface area contributed by atoms with Crippen LogP contribution in [0.15, 0.2) is 83.9 Å². The van der Waals surface area contributed by atoms with Gasteiger partial charge in [0.2, 0.25) is 0 Å². The van der Waals surface area contributed by atoms with Crippen molar-refractivity contribution in [2.45, 2.75) is 39.8 Å². The van der Waals surface area contributed by atoms with Crippen LogP contribution in [0.3, 0.4) is 0 Å². The molecule has 0 aliphatic rings. The Bertz CT molecular complexity index is 980. The summed E-state index contributed by atoms with van der Waals surface area (Å²) in [5.74, 6) is 1.60. The van der Waals surface area contributed by atoms with Crippen molar-refractivity contribution < 1.29 is 4.74 Å². The fourth-order valence-corrected chi connectivity index (χ4v) is 3.68. The van der Waals surface area contributed by atoms with Gasteiger partial charge in [-0.3, -0.25) is 4.90 Å². The summed E-state index contributed by atoms with van der Waals surface area (Å²) in [6.45, 7) is 10.4. The molecule has 6 heteroatoms. The molecular weight excluding hydrogens is 453 g/mol. The van der Waals surface area contributed by atoms with Crippen LogP contribution in [0.5, 0.6) is 5.75 Å². The van der Waals surface area contributed by atoms with Gasteiger partial charge >= 0.3 is 0 Å². The number of anilines is 1. The third-order valence-corrected chi connectivity index (χ3v) is 5.43. The Balaban J connectivity index is 0.00000385. The van der Waals surface area contributed by atoms with Gasteiger partial charge in [0.15, 0.2) is 0 Å². The average molecular weight is 486 g/mol. The standard InChI is InChI=1S/C27H32ClN3O.ClH/c1-20(2)31(21(3)4)18-19-32-26-16-14-25(15-17-26)30-27(22-10-12-23(28)13-11-22)29-24-8-6-5-7-9-24;/h5-17,20-21H,18-19H2,1-4H3,(H,29,30);1H. The molecule has 33 heavy (non-hydrogen) atoms. The summed E-state index contributed by atoms with van der Waals surface area (Å²) in [7, 11) is 0. The van der Waals surface area contributed by atoms with Crippen LogP contribution >= 0.6 is 24.0 Å². The number of amidine groups is 1. The highest BCUT2D eigenvalue weighted by Gasteiger charge is 2.13. The first kappa shape index (κ1) is 26.7. The largest absolute Gasteiger partial charge is 0.492 e. The molecule has 0 bridgehead atoms. The number of hydrogen-bond donors (Lipinski definition) is 1. The fourth-order valence-electron chi connectivity index (χ4n) is 3.56. The predicted octanol–water partition coefficient (Wildman–Crippen LogP) is 7.45. The highest BCUT2D eigenvalue weighted by molar-refractivity contribution is 6.30. The number of nitrogens with zero attached hydrogens (tertiary/aromatic N) is 2. The second-order valence-corrected chi connectivity index (χ2v) is 8.66. The smallest absolute Gasteiger partial charge is 0.138 e. The zero-order chi connectivity index (χ0) is 22.9. The lowest BCUT2D eigenvalue weighted by atomic mass is 10.2. The molecule has 0 saturated heterocycles. The van der Waals surface area contributed by atoms with E-state index in [9.17, 15) is 0 Å². The van der Waals surface area contributed by atoms with Gasteiger partial charge in [0, 0.05) is 34.9 Å². The number of halogens is 2. The summed E-state index contributed by atoms with van der Waals surface area (Å²) in [6, 6.07) is 26.5. The maximum absolute atomic E-state index is 6.07. The zero-order valence-corrected chi connectivity index (χ0v) is 21.2. The van der Waals surface area contributed by atoms with Crippen molar-refractivity contribution in [1.29, 1.82) is 0 Å². The van der Waals surface area contributed by atoms with Crippen molar-refractivity contribution in [3.63, 3.8) is 0 Å². The summed E-state index contributed by atoms with van der Waals surface area (Å²) in [6.07, 6.45) is 0. The minimum atomic E-state index is 0. The highest BCUT2D eigenvalue weighted by Crippen LogP contribution is 2.21. The molecule has 0 heterocycles. The number of nitrogens with one attached hydrogen (secondary N) is 1. The van der Waals surface area contributed by atoms with Crippen LogP contribution in [0.25, 0.3) is 0 Å². The Morgan fingerprint density at radius 1 is 0.879 bits per heavy atom. The van der Waals surface area contributed by atoms with Gasteiger partial charge < -0.3 is 10.1 Å². The maximum Gasteiger partial charge on any atom is 0.138 e. The summed E-state index contributed by atoms with van der Waals surface area (Å²) in [5.41, 5.74) is 2.78. The quantitative estimate of drug-likeness (QED) is 0.252. The Kier molecular flexibility index (Phi) is 10.7. The van der Waals surface area contributed by atoms with Crippen molar-refractivity contribution in [3.8, 4) is 5.75 Å². The number of aliphatic imine (C=N–C) groups is 1. The molecule has 3 aromatic rings. The van der Waals surface area contributed by atoms with E-state index in [0.29, 0.717) is 23.7 Å². The van der Waals surface area contributed by atoms with Gasteiger partial charge in [-0.25, -0.2) is 4.99 Å². The second-order valence-electron chi connectivity index (χ2n) is 8.23. The van der Waals surface area contributed by atoms with Gasteiger partial charge in [-0.1, -0.05) is 29.8 Å². The molecule has 3 rings (SSSR count). The van der Waals surface area contributed by atoms with Gasteiger partial charge in [-0.05, 0) is 88.4 Å². The molecule has 0 aliphatic carbocycles. The monoisotopic (exact) mass is 485 g/mol. The van der Waals surface area contributed by atoms with E-state index in [0.717, 1.165) is 35.1 Å². The first-order chi connectivity index (χ1) is 15.4. The number of rotatable bonds is 9. The molecule has 0 radical (unpaired) electrons. The molecule has 0 amide bonds. The van der Waals surface area contributed by atoms with Crippen LogP contribution in [0.4, 0.5) is 11.4 Å².